The summed E-state index contributed by atoms with van der Waals surface area (Å²) >= 11 is 0. The summed E-state index contributed by atoms with van der Waals surface area (Å²) < 4.78 is 37.1. The summed E-state index contributed by atoms with van der Waals surface area (Å²) in [5.74, 6) is -1.68. The van der Waals surface area contributed by atoms with E-state index in [4.69, 9.17) is 8.92 Å². The molecule has 196 valence electrons. The molecule has 1 saturated heterocycles. The second-order valence-corrected chi connectivity index (χ2v) is 10.2. The van der Waals surface area contributed by atoms with E-state index in [2.05, 4.69) is 5.32 Å². The second-order valence-electron chi connectivity index (χ2n) is 8.72. The molecule has 0 radical (unpaired) electrons. The number of hydrogen-bond donors (Lipinski definition) is 1. The molecule has 0 saturated carbocycles. The second kappa shape index (κ2) is 10.1. The quantitative estimate of drug-likeness (QED) is 0.215. The highest BCUT2D eigenvalue weighted by Crippen LogP contribution is 2.33. The molecule has 4 amide bonds. The molecular weight excluding hydrogens is 520 g/mol. The van der Waals surface area contributed by atoms with Gasteiger partial charge in [-0.2, -0.15) is 8.42 Å². The fraction of sp³-hybridized carbons (Fsp3) is 0.0690. The van der Waals surface area contributed by atoms with Crippen molar-refractivity contribution in [2.75, 3.05) is 12.0 Å². The lowest BCUT2D eigenvalue weighted by molar-refractivity contribution is -0.122. The molecule has 0 unspecified atom stereocenters. The van der Waals surface area contributed by atoms with Gasteiger partial charge in [-0.3, -0.25) is 14.9 Å². The zero-order chi connectivity index (χ0) is 27.7. The highest BCUT2D eigenvalue weighted by Gasteiger charge is 2.37. The third-order valence-electron chi connectivity index (χ3n) is 6.08. The van der Waals surface area contributed by atoms with Crippen molar-refractivity contribution in [2.24, 2.45) is 0 Å². The van der Waals surface area contributed by atoms with Crippen LogP contribution in [0, 0.1) is 6.92 Å². The van der Waals surface area contributed by atoms with Crippen molar-refractivity contribution in [2.45, 2.75) is 11.8 Å². The van der Waals surface area contributed by atoms with E-state index in [9.17, 15) is 22.8 Å². The maximum absolute atomic E-state index is 13.2. The Kier molecular flexibility index (Phi) is 6.63. The van der Waals surface area contributed by atoms with Crippen molar-refractivity contribution in [3.8, 4) is 11.5 Å². The average molecular weight is 543 g/mol. The largest absolute Gasteiger partial charge is 0.493 e. The maximum atomic E-state index is 13.2. The predicted octanol–water partition coefficient (Wildman–Crippen LogP) is 4.59. The summed E-state index contributed by atoms with van der Waals surface area (Å²) in [6.07, 6.45) is 1.29. The van der Waals surface area contributed by atoms with Crippen LogP contribution in [0.15, 0.2) is 95.4 Å². The molecule has 1 aliphatic heterocycles. The van der Waals surface area contributed by atoms with Gasteiger partial charge in [0.05, 0.1) is 12.8 Å². The molecular formula is C29H22N2O7S. The number of nitrogens with zero attached hydrogens (tertiary/aromatic N) is 1. The number of aryl methyl sites for hydroxylation is 1. The molecule has 0 aliphatic carbocycles. The predicted molar refractivity (Wildman–Crippen MR) is 145 cm³/mol. The highest BCUT2D eigenvalue weighted by atomic mass is 32.2. The SMILES string of the molecule is COc1cc(/C=C2\C(=O)NC(=O)N(c3cccc(C)c3)C2=O)ccc1OS(=O)(=O)c1cccc2ccccc12. The van der Waals surface area contributed by atoms with Gasteiger partial charge in [-0.25, -0.2) is 9.69 Å². The smallest absolute Gasteiger partial charge is 0.339 e. The fourth-order valence-electron chi connectivity index (χ4n) is 4.25. The van der Waals surface area contributed by atoms with E-state index >= 15 is 0 Å². The number of barbiturate groups is 1. The van der Waals surface area contributed by atoms with Gasteiger partial charge in [-0.1, -0.05) is 54.6 Å². The lowest BCUT2D eigenvalue weighted by atomic mass is 10.1. The van der Waals surface area contributed by atoms with E-state index in [1.165, 1.54) is 37.5 Å². The minimum atomic E-state index is -4.24. The van der Waals surface area contributed by atoms with Gasteiger partial charge in [-0.15, -0.1) is 0 Å². The van der Waals surface area contributed by atoms with Gasteiger partial charge in [0.2, 0.25) is 0 Å². The Morgan fingerprint density at radius 1 is 0.846 bits per heavy atom. The lowest BCUT2D eigenvalue weighted by Gasteiger charge is -2.26. The fourth-order valence-corrected chi connectivity index (χ4v) is 5.41. The first-order chi connectivity index (χ1) is 18.7. The number of benzene rings is 4. The Hall–Kier alpha value is -4.96. The van der Waals surface area contributed by atoms with Crippen LogP contribution in [0.4, 0.5) is 10.5 Å². The molecule has 39 heavy (non-hydrogen) atoms. The van der Waals surface area contributed by atoms with Crippen molar-refractivity contribution in [3.63, 3.8) is 0 Å². The molecule has 1 fully saturated rings. The molecule has 1 N–H and O–H groups in total. The number of carbonyl (C=O) groups is 3. The molecule has 5 rings (SSSR count). The zero-order valence-electron chi connectivity index (χ0n) is 20.9. The van der Waals surface area contributed by atoms with Crippen LogP contribution in [0.2, 0.25) is 0 Å². The normalized spacial score (nSPS) is 15.0. The van der Waals surface area contributed by atoms with Crippen LogP contribution in [-0.2, 0) is 19.7 Å². The van der Waals surface area contributed by atoms with Crippen molar-refractivity contribution in [1.29, 1.82) is 0 Å². The molecule has 1 heterocycles. The highest BCUT2D eigenvalue weighted by molar-refractivity contribution is 7.87. The van der Waals surface area contributed by atoms with E-state index < -0.39 is 28.0 Å². The number of carbonyl (C=O) groups excluding carboxylic acids is 3. The van der Waals surface area contributed by atoms with Crippen LogP contribution in [0.3, 0.4) is 0 Å². The number of ether oxygens (including phenoxy) is 1. The zero-order valence-corrected chi connectivity index (χ0v) is 21.7. The van der Waals surface area contributed by atoms with Gasteiger partial charge in [-0.05, 0) is 59.8 Å². The Bertz CT molecular complexity index is 1790. The van der Waals surface area contributed by atoms with E-state index in [-0.39, 0.29) is 22.0 Å². The first-order valence-electron chi connectivity index (χ1n) is 11.8. The molecule has 9 nitrogen and oxygen atoms in total. The van der Waals surface area contributed by atoms with Crippen molar-refractivity contribution in [1.82, 2.24) is 5.32 Å². The number of amides is 4. The molecule has 0 atom stereocenters. The van der Waals surface area contributed by atoms with E-state index in [1.54, 1.807) is 48.5 Å². The van der Waals surface area contributed by atoms with Gasteiger partial charge in [0.15, 0.2) is 11.5 Å². The molecule has 0 aromatic heterocycles. The van der Waals surface area contributed by atoms with Gasteiger partial charge < -0.3 is 8.92 Å². The number of fused-ring (bicyclic) bond motifs is 1. The van der Waals surface area contributed by atoms with Crippen LogP contribution in [0.1, 0.15) is 11.1 Å². The van der Waals surface area contributed by atoms with Gasteiger partial charge in [0.25, 0.3) is 11.8 Å². The molecule has 4 aromatic carbocycles. The van der Waals surface area contributed by atoms with Gasteiger partial charge in [0.1, 0.15) is 10.5 Å². The van der Waals surface area contributed by atoms with E-state index in [0.717, 1.165) is 15.8 Å². The van der Waals surface area contributed by atoms with Crippen LogP contribution < -0.4 is 19.1 Å². The third kappa shape index (κ3) is 4.97. The minimum Gasteiger partial charge on any atom is -0.493 e. The van der Waals surface area contributed by atoms with Crippen LogP contribution in [0.25, 0.3) is 16.8 Å². The summed E-state index contributed by atoms with van der Waals surface area (Å²) in [5.41, 5.74) is 1.21. The monoisotopic (exact) mass is 542 g/mol. The molecule has 4 aromatic rings. The number of urea groups is 1. The Morgan fingerprint density at radius 2 is 1.59 bits per heavy atom. The number of imide groups is 2. The Balaban J connectivity index is 1.47. The topological polar surface area (TPSA) is 119 Å². The minimum absolute atomic E-state index is 0.000715. The summed E-state index contributed by atoms with van der Waals surface area (Å²) in [6, 6.07) is 22.1. The molecule has 10 heteroatoms. The third-order valence-corrected chi connectivity index (χ3v) is 7.37. The summed E-state index contributed by atoms with van der Waals surface area (Å²) in [7, 11) is -2.90. The van der Waals surface area contributed by atoms with Crippen LogP contribution >= 0.6 is 0 Å². The van der Waals surface area contributed by atoms with Gasteiger partial charge in [0, 0.05) is 5.39 Å². The Morgan fingerprint density at radius 3 is 2.36 bits per heavy atom. The average Bonchev–Trinajstić information content (AvgIpc) is 2.91. The number of nitrogens with one attached hydrogen (secondary N) is 1. The molecule has 0 bridgehead atoms. The molecule has 0 spiro atoms. The number of rotatable bonds is 6. The summed E-state index contributed by atoms with van der Waals surface area (Å²) in [5, 5.41) is 3.43. The van der Waals surface area contributed by atoms with Crippen molar-refractivity contribution < 1.29 is 31.7 Å². The van der Waals surface area contributed by atoms with Crippen molar-refractivity contribution >= 4 is 50.5 Å². The maximum Gasteiger partial charge on any atom is 0.339 e. The first-order valence-corrected chi connectivity index (χ1v) is 13.2. The standard InChI is InChI=1S/C29H22N2O7S/c1-18-7-5-10-21(15-18)31-28(33)23(27(32)30-29(31)34)16-19-13-14-24(25(17-19)37-2)38-39(35,36)26-12-6-9-20-8-3-4-11-22(20)26/h3-17H,1-2H3,(H,30,32,34)/b23-16+. The van der Waals surface area contributed by atoms with E-state index in [0.29, 0.717) is 16.6 Å². The number of anilines is 1. The van der Waals surface area contributed by atoms with E-state index in [1.807, 2.05) is 19.1 Å². The Labute approximate surface area is 224 Å². The van der Waals surface area contributed by atoms with Gasteiger partial charge >= 0.3 is 16.1 Å². The number of methoxy groups -OCH3 is 1. The lowest BCUT2D eigenvalue weighted by Crippen LogP contribution is -2.54. The molecule has 1 aliphatic rings. The first kappa shape index (κ1) is 25.7. The summed E-state index contributed by atoms with van der Waals surface area (Å²) in [6.45, 7) is 1.81. The van der Waals surface area contributed by atoms with Crippen molar-refractivity contribution in [3.05, 3.63) is 102 Å². The van der Waals surface area contributed by atoms with Crippen LogP contribution in [-0.4, -0.2) is 33.4 Å². The summed E-state index contributed by atoms with van der Waals surface area (Å²) in [4.78, 5) is 39.1. The van der Waals surface area contributed by atoms with Crippen LogP contribution in [0.5, 0.6) is 11.5 Å². The number of hydrogen-bond acceptors (Lipinski definition) is 7.